The van der Waals surface area contributed by atoms with Gasteiger partial charge < -0.3 is 8.82 Å². The number of carbonyl (C=O) groups excluding carboxylic acids is 1. The molecule has 6 aliphatic rings. The van der Waals surface area contributed by atoms with Gasteiger partial charge >= 0.3 is 0 Å². The number of hydrogen-bond acceptors (Lipinski definition) is 3. The van der Waals surface area contributed by atoms with Crippen molar-refractivity contribution in [3.8, 4) is 17.2 Å². The van der Waals surface area contributed by atoms with Crippen molar-refractivity contribution >= 4 is 65.8 Å². The lowest BCUT2D eigenvalue weighted by Crippen LogP contribution is -2.32. The Morgan fingerprint density at radius 2 is 1.37 bits per heavy atom. The molecule has 0 amide bonds. The maximum absolute atomic E-state index is 14.4. The third-order valence-corrected chi connectivity index (χ3v) is 16.5. The maximum atomic E-state index is 14.4. The number of nitriles is 1. The van der Waals surface area contributed by atoms with Gasteiger partial charge in [0.05, 0.1) is 28.2 Å². The molecule has 6 aliphatic carbocycles. The van der Waals surface area contributed by atoms with Gasteiger partial charge in [-0.05, 0) is 146 Å². The molecule has 3 fully saturated rings. The Labute approximate surface area is 333 Å². The Kier molecular flexibility index (Phi) is 6.51. The quantitative estimate of drug-likeness (QED) is 0.168. The van der Waals surface area contributed by atoms with Crippen LogP contribution in [0.1, 0.15) is 146 Å². The van der Waals surface area contributed by atoms with Crippen molar-refractivity contribution < 1.29 is 9.21 Å². The number of aryl methyl sites for hydroxylation is 2. The minimum atomic E-state index is 0.0530. The number of aromatic nitrogens is 1. The van der Waals surface area contributed by atoms with Crippen molar-refractivity contribution in [1.82, 2.24) is 4.40 Å². The van der Waals surface area contributed by atoms with E-state index in [1.807, 2.05) is 0 Å². The van der Waals surface area contributed by atoms with Crippen LogP contribution in [0.4, 0.5) is 0 Å². The lowest BCUT2D eigenvalue weighted by atomic mass is 9.64. The number of ketones is 1. The summed E-state index contributed by atoms with van der Waals surface area (Å²) in [5.41, 5.74) is 16.4. The van der Waals surface area contributed by atoms with Crippen LogP contribution in [-0.4, -0.2) is 10.2 Å². The fourth-order valence-corrected chi connectivity index (χ4v) is 14.3. The van der Waals surface area contributed by atoms with E-state index in [0.717, 1.165) is 64.4 Å². The Morgan fingerprint density at radius 3 is 2.09 bits per heavy atom. The molecule has 14 rings (SSSR count). The summed E-state index contributed by atoms with van der Waals surface area (Å²) >= 11 is 0. The number of para-hydroxylation sites is 1. The van der Waals surface area contributed by atoms with Crippen LogP contribution >= 0.6 is 0 Å². The summed E-state index contributed by atoms with van der Waals surface area (Å²) in [6, 6.07) is 25.3. The molecule has 3 heterocycles. The first kappa shape index (κ1) is 32.9. The van der Waals surface area contributed by atoms with Crippen LogP contribution in [-0.2, 0) is 10.8 Å². The summed E-state index contributed by atoms with van der Waals surface area (Å²) in [6.45, 7) is 4.49. The zero-order chi connectivity index (χ0) is 37.9. The van der Waals surface area contributed by atoms with E-state index in [4.69, 9.17) is 4.42 Å². The highest BCUT2D eigenvalue weighted by Gasteiger charge is 2.55. The highest BCUT2D eigenvalue weighted by Crippen LogP contribution is 2.65. The number of fused-ring (bicyclic) bond motifs is 16. The van der Waals surface area contributed by atoms with E-state index in [-0.39, 0.29) is 16.7 Å². The second kappa shape index (κ2) is 11.3. The van der Waals surface area contributed by atoms with Gasteiger partial charge in [-0.25, -0.2) is 0 Å². The van der Waals surface area contributed by atoms with E-state index in [9.17, 15) is 10.1 Å². The topological polar surface area (TPSA) is 58.4 Å². The van der Waals surface area contributed by atoms with Crippen LogP contribution in [0, 0.1) is 31.1 Å². The van der Waals surface area contributed by atoms with Crippen molar-refractivity contribution in [1.29, 1.82) is 5.26 Å². The smallest absolute Gasteiger partial charge is 0.166 e. The summed E-state index contributed by atoms with van der Waals surface area (Å²) in [4.78, 5) is 14.4. The molecule has 0 saturated heterocycles. The fraction of sp³-hybridized carbons (Fsp3) is 0.396. The minimum Gasteiger partial charge on any atom is -0.455 e. The van der Waals surface area contributed by atoms with Crippen molar-refractivity contribution in [2.24, 2.45) is 5.92 Å². The summed E-state index contributed by atoms with van der Waals surface area (Å²) in [6.07, 6.45) is 17.7. The number of furan rings is 1. The normalized spacial score (nSPS) is 22.5. The van der Waals surface area contributed by atoms with Gasteiger partial charge in [0.2, 0.25) is 0 Å². The Balaban J connectivity index is 1.33. The molecule has 3 saturated carbocycles. The first-order chi connectivity index (χ1) is 27.9. The van der Waals surface area contributed by atoms with Crippen molar-refractivity contribution in [2.75, 3.05) is 0 Å². The summed E-state index contributed by atoms with van der Waals surface area (Å²) in [7, 11) is 0. The van der Waals surface area contributed by atoms with E-state index in [0.29, 0.717) is 11.7 Å². The highest BCUT2D eigenvalue weighted by molar-refractivity contribution is 6.40. The fourth-order valence-electron chi connectivity index (χ4n) is 14.3. The number of rotatable bonds is 1. The van der Waals surface area contributed by atoms with Crippen LogP contribution < -0.4 is 0 Å². The lowest BCUT2D eigenvalue weighted by molar-refractivity contribution is 0.0898. The van der Waals surface area contributed by atoms with Gasteiger partial charge in [0.1, 0.15) is 11.2 Å². The molecule has 3 aromatic heterocycles. The number of nitrogens with zero attached hydrogens (tertiary/aromatic N) is 2. The van der Waals surface area contributed by atoms with Crippen LogP contribution in [0.25, 0.3) is 71.2 Å². The number of Topliss-reactive ketones (excluding diaryl/α,β-unsaturated/α-hetero) is 1. The molecule has 282 valence electrons. The monoisotopic (exact) mass is 744 g/mol. The molecule has 2 spiro atoms. The first-order valence-corrected chi connectivity index (χ1v) is 22.1. The molecule has 57 heavy (non-hydrogen) atoms. The molecular formula is C53H48N2O2. The largest absolute Gasteiger partial charge is 0.455 e. The zero-order valence-electron chi connectivity index (χ0n) is 33.2. The summed E-state index contributed by atoms with van der Waals surface area (Å²) in [5.74, 6) is 0.867. The summed E-state index contributed by atoms with van der Waals surface area (Å²) < 4.78 is 9.79. The number of hydrogen-bond donors (Lipinski definition) is 0. The Morgan fingerprint density at radius 1 is 0.684 bits per heavy atom. The number of benzene rings is 5. The number of carbonyl (C=O) groups is 1. The lowest BCUT2D eigenvalue weighted by Gasteiger charge is -2.39. The van der Waals surface area contributed by atoms with Crippen LogP contribution in [0.3, 0.4) is 0 Å². The van der Waals surface area contributed by atoms with Crippen molar-refractivity contribution in [2.45, 2.75) is 127 Å². The van der Waals surface area contributed by atoms with Gasteiger partial charge in [-0.1, -0.05) is 74.9 Å². The molecule has 0 unspecified atom stereocenters. The average molecular weight is 745 g/mol. The van der Waals surface area contributed by atoms with Gasteiger partial charge in [0.25, 0.3) is 0 Å². The molecule has 5 aromatic carbocycles. The van der Waals surface area contributed by atoms with Crippen LogP contribution in [0.2, 0.25) is 0 Å². The van der Waals surface area contributed by atoms with Crippen LogP contribution in [0.15, 0.2) is 65.1 Å². The molecular weight excluding hydrogens is 697 g/mol. The average Bonchev–Trinajstić information content (AvgIpc) is 3.91. The molecule has 4 heteroatoms. The Hall–Kier alpha value is -5.14. The molecule has 0 N–H and O–H groups in total. The third kappa shape index (κ3) is 4.02. The van der Waals surface area contributed by atoms with E-state index in [1.54, 1.807) is 0 Å². The van der Waals surface area contributed by atoms with Crippen molar-refractivity contribution in [3.63, 3.8) is 0 Å². The van der Waals surface area contributed by atoms with Crippen LogP contribution in [0.5, 0.6) is 0 Å². The second-order valence-corrected chi connectivity index (χ2v) is 19.3. The standard InChI is InChI=1S/C53H48N2O2/c1-29-12-11-13-30(2)41(29)46-42-37-25-35-31-16-18-32(19-17-31)50(56)36(35)26-38(37)55-39-24-33(27-54)47-48(53(22-9-4-10-23-53)28-52(47)20-7-3-8-21-52)44(39)45(49(42)55)43-34-14-5-6-15-40(34)57-51(43)46/h5-6,11-15,24-26,31-32H,3-4,7-10,16-23,28H2,1-2H3. The molecule has 4 nitrogen and oxygen atoms in total. The SMILES string of the molecule is Cc1cccc(C)c1-c1c2oc3ccccc3c2c2c3c4c(c(C#N)cc3n3c5cc6c(cc5c1c23)C1CCC(CC1)C6=O)C1(CCCCC1)CC41CCCCC1. The molecule has 0 atom stereocenters. The van der Waals surface area contributed by atoms with Gasteiger partial charge in [0.15, 0.2) is 5.78 Å². The molecule has 0 radical (unpaired) electrons. The molecule has 8 aromatic rings. The summed E-state index contributed by atoms with van der Waals surface area (Å²) in [5, 5.41) is 18.8. The minimum absolute atomic E-state index is 0.0530. The highest BCUT2D eigenvalue weighted by atomic mass is 16.3. The Bertz CT molecular complexity index is 3110. The van der Waals surface area contributed by atoms with E-state index < -0.39 is 0 Å². The van der Waals surface area contributed by atoms with Gasteiger partial charge in [-0.15, -0.1) is 0 Å². The first-order valence-electron chi connectivity index (χ1n) is 22.1. The van der Waals surface area contributed by atoms with Gasteiger partial charge in [-0.3, -0.25) is 4.79 Å². The van der Waals surface area contributed by atoms with Gasteiger partial charge in [0, 0.05) is 49.4 Å². The van der Waals surface area contributed by atoms with E-state index in [1.165, 1.54) is 142 Å². The predicted octanol–water partition coefficient (Wildman–Crippen LogP) is 14.2. The molecule has 2 bridgehead atoms. The third-order valence-electron chi connectivity index (χ3n) is 16.5. The predicted molar refractivity (Wildman–Crippen MR) is 231 cm³/mol. The van der Waals surface area contributed by atoms with Gasteiger partial charge in [-0.2, -0.15) is 5.26 Å². The zero-order valence-corrected chi connectivity index (χ0v) is 33.2. The van der Waals surface area contributed by atoms with Crippen molar-refractivity contribution in [3.05, 3.63) is 99.6 Å². The van der Waals surface area contributed by atoms with E-state index in [2.05, 4.69) is 85.0 Å². The molecule has 0 aliphatic heterocycles. The second-order valence-electron chi connectivity index (χ2n) is 19.3. The maximum Gasteiger partial charge on any atom is 0.166 e. The van der Waals surface area contributed by atoms with E-state index >= 15 is 0 Å².